The summed E-state index contributed by atoms with van der Waals surface area (Å²) >= 11 is 0. The molecule has 3 aromatic rings. The monoisotopic (exact) mass is 296 g/mol. The lowest BCUT2D eigenvalue weighted by Crippen LogP contribution is -1.89. The van der Waals surface area contributed by atoms with E-state index in [2.05, 4.69) is 4.98 Å². The summed E-state index contributed by atoms with van der Waals surface area (Å²) in [5.41, 5.74) is 2.18. The minimum Gasteiger partial charge on any atom is -0.306 e. The fourth-order valence-electron chi connectivity index (χ4n) is 1.68. The first kappa shape index (κ1) is 15.3. The molecule has 0 N–H and O–H groups in total. The number of aldehydes is 2. The van der Waals surface area contributed by atoms with Crippen molar-refractivity contribution in [3.63, 3.8) is 0 Å². The Morgan fingerprint density at radius 3 is 1.86 bits per heavy atom. The lowest BCUT2D eigenvalue weighted by molar-refractivity contribution is 0.111. The highest BCUT2D eigenvalue weighted by Crippen LogP contribution is 2.07. The summed E-state index contributed by atoms with van der Waals surface area (Å²) in [5.74, 6) is -0.319. The molecule has 0 atom stereocenters. The number of aromatic nitrogens is 2. The van der Waals surface area contributed by atoms with Crippen LogP contribution in [-0.2, 0) is 0 Å². The van der Waals surface area contributed by atoms with Crippen LogP contribution in [0.25, 0.3) is 5.69 Å². The standard InChI is InChI=1S/C10H8N2O.C7H5FO/c13-7-9-1-3-10(4-2-9)12-6-5-11-8-12;8-7-3-1-6(5-9)2-4-7/h1-8H;1-5H. The van der Waals surface area contributed by atoms with E-state index in [4.69, 9.17) is 0 Å². The normalized spacial score (nSPS) is 9.50. The van der Waals surface area contributed by atoms with Crippen LogP contribution in [0.1, 0.15) is 20.7 Å². The van der Waals surface area contributed by atoms with E-state index < -0.39 is 0 Å². The molecule has 22 heavy (non-hydrogen) atoms. The highest BCUT2D eigenvalue weighted by atomic mass is 19.1. The highest BCUT2D eigenvalue weighted by molar-refractivity contribution is 5.75. The molecule has 5 heteroatoms. The molecule has 4 nitrogen and oxygen atoms in total. The average Bonchev–Trinajstić information content (AvgIpc) is 3.11. The maximum Gasteiger partial charge on any atom is 0.150 e. The van der Waals surface area contributed by atoms with Gasteiger partial charge in [0, 0.05) is 29.2 Å². The molecule has 0 saturated carbocycles. The number of nitrogens with zero attached hydrogens (tertiary/aromatic N) is 2. The Morgan fingerprint density at radius 1 is 0.864 bits per heavy atom. The topological polar surface area (TPSA) is 52.0 Å². The fourth-order valence-corrected chi connectivity index (χ4v) is 1.68. The quantitative estimate of drug-likeness (QED) is 0.697. The Balaban J connectivity index is 0.000000172. The Labute approximate surface area is 126 Å². The van der Waals surface area contributed by atoms with Crippen LogP contribution in [-0.4, -0.2) is 22.1 Å². The maximum atomic E-state index is 12.1. The van der Waals surface area contributed by atoms with Gasteiger partial charge in [-0.25, -0.2) is 9.37 Å². The van der Waals surface area contributed by atoms with Crippen LogP contribution < -0.4 is 0 Å². The van der Waals surface area contributed by atoms with E-state index in [-0.39, 0.29) is 5.82 Å². The molecule has 0 aliphatic carbocycles. The maximum absolute atomic E-state index is 12.1. The third-order valence-corrected chi connectivity index (χ3v) is 2.84. The SMILES string of the molecule is O=Cc1ccc(-n2ccnc2)cc1.O=Cc1ccc(F)cc1. The van der Waals surface area contributed by atoms with Crippen LogP contribution >= 0.6 is 0 Å². The molecule has 0 radical (unpaired) electrons. The molecule has 3 rings (SSSR count). The third kappa shape index (κ3) is 4.21. The number of carbonyl (C=O) groups is 2. The van der Waals surface area contributed by atoms with Gasteiger partial charge in [0.15, 0.2) is 0 Å². The molecule has 2 aromatic carbocycles. The van der Waals surface area contributed by atoms with Gasteiger partial charge in [0.1, 0.15) is 18.4 Å². The van der Waals surface area contributed by atoms with Gasteiger partial charge in [-0.3, -0.25) is 9.59 Å². The zero-order valence-electron chi connectivity index (χ0n) is 11.6. The first-order valence-electron chi connectivity index (χ1n) is 6.47. The Hall–Kier alpha value is -3.08. The summed E-state index contributed by atoms with van der Waals surface area (Å²) < 4.78 is 14.0. The van der Waals surface area contributed by atoms with E-state index in [0.717, 1.165) is 12.0 Å². The lowest BCUT2D eigenvalue weighted by atomic mass is 10.2. The van der Waals surface area contributed by atoms with E-state index in [1.807, 2.05) is 22.9 Å². The highest BCUT2D eigenvalue weighted by Gasteiger charge is 1.94. The molecule has 0 saturated heterocycles. The van der Waals surface area contributed by atoms with Crippen molar-refractivity contribution < 1.29 is 14.0 Å². The van der Waals surface area contributed by atoms with Gasteiger partial charge in [-0.2, -0.15) is 0 Å². The number of rotatable bonds is 3. The Morgan fingerprint density at radius 2 is 1.41 bits per heavy atom. The molecular formula is C17H13FN2O2. The Kier molecular flexibility index (Phi) is 5.31. The lowest BCUT2D eigenvalue weighted by Gasteiger charge is -2.00. The van der Waals surface area contributed by atoms with Crippen LogP contribution in [0, 0.1) is 5.82 Å². The van der Waals surface area contributed by atoms with Crippen LogP contribution in [0.2, 0.25) is 0 Å². The summed E-state index contributed by atoms with van der Waals surface area (Å²) in [6.45, 7) is 0. The zero-order chi connectivity index (χ0) is 15.8. The predicted octanol–water partition coefficient (Wildman–Crippen LogP) is 3.32. The van der Waals surface area contributed by atoms with Gasteiger partial charge in [-0.1, -0.05) is 0 Å². The Bertz CT molecular complexity index is 720. The van der Waals surface area contributed by atoms with Crippen molar-refractivity contribution in [2.45, 2.75) is 0 Å². The van der Waals surface area contributed by atoms with Gasteiger partial charge in [0.2, 0.25) is 0 Å². The van der Waals surface area contributed by atoms with Crippen LogP contribution in [0.4, 0.5) is 4.39 Å². The first-order chi connectivity index (χ1) is 10.7. The molecule has 0 aliphatic rings. The molecule has 0 unspecified atom stereocenters. The average molecular weight is 296 g/mol. The van der Waals surface area contributed by atoms with E-state index >= 15 is 0 Å². The van der Waals surface area contributed by atoms with Crippen molar-refractivity contribution >= 4 is 12.6 Å². The number of imidazole rings is 1. The van der Waals surface area contributed by atoms with Crippen molar-refractivity contribution in [2.75, 3.05) is 0 Å². The second kappa shape index (κ2) is 7.64. The molecule has 0 amide bonds. The summed E-state index contributed by atoms with van der Waals surface area (Å²) in [6, 6.07) is 12.7. The second-order valence-corrected chi connectivity index (χ2v) is 4.35. The predicted molar refractivity (Wildman–Crippen MR) is 80.7 cm³/mol. The molecule has 1 aromatic heterocycles. The van der Waals surface area contributed by atoms with Crippen molar-refractivity contribution in [3.8, 4) is 5.69 Å². The molecule has 0 aliphatic heterocycles. The van der Waals surface area contributed by atoms with Crippen molar-refractivity contribution in [1.29, 1.82) is 0 Å². The van der Waals surface area contributed by atoms with Gasteiger partial charge < -0.3 is 4.57 Å². The minimum absolute atomic E-state index is 0.319. The van der Waals surface area contributed by atoms with Crippen molar-refractivity contribution in [1.82, 2.24) is 9.55 Å². The second-order valence-electron chi connectivity index (χ2n) is 4.35. The van der Waals surface area contributed by atoms with Crippen molar-refractivity contribution in [2.24, 2.45) is 0 Å². The molecule has 0 spiro atoms. The number of halogens is 1. The molecule has 110 valence electrons. The van der Waals surface area contributed by atoms with Crippen molar-refractivity contribution in [3.05, 3.63) is 84.2 Å². The number of hydrogen-bond acceptors (Lipinski definition) is 3. The third-order valence-electron chi connectivity index (χ3n) is 2.84. The molecular weight excluding hydrogens is 283 g/mol. The van der Waals surface area contributed by atoms with E-state index in [0.29, 0.717) is 17.4 Å². The largest absolute Gasteiger partial charge is 0.306 e. The summed E-state index contributed by atoms with van der Waals surface area (Å²) in [6.07, 6.45) is 6.80. The zero-order valence-corrected chi connectivity index (χ0v) is 11.6. The van der Waals surface area contributed by atoms with E-state index in [1.54, 1.807) is 24.7 Å². The molecule has 0 bridgehead atoms. The van der Waals surface area contributed by atoms with E-state index in [1.165, 1.54) is 24.3 Å². The van der Waals surface area contributed by atoms with Gasteiger partial charge in [0.05, 0.1) is 6.33 Å². The number of carbonyl (C=O) groups excluding carboxylic acids is 2. The van der Waals surface area contributed by atoms with Gasteiger partial charge in [-0.15, -0.1) is 0 Å². The number of benzene rings is 2. The smallest absolute Gasteiger partial charge is 0.150 e. The van der Waals surface area contributed by atoms with Gasteiger partial charge >= 0.3 is 0 Å². The molecule has 0 fully saturated rings. The summed E-state index contributed by atoms with van der Waals surface area (Å²) in [5, 5.41) is 0. The van der Waals surface area contributed by atoms with Gasteiger partial charge in [0.25, 0.3) is 0 Å². The summed E-state index contributed by atoms with van der Waals surface area (Å²) in [7, 11) is 0. The van der Waals surface area contributed by atoms with Crippen LogP contribution in [0.5, 0.6) is 0 Å². The van der Waals surface area contributed by atoms with Crippen LogP contribution in [0.3, 0.4) is 0 Å². The first-order valence-corrected chi connectivity index (χ1v) is 6.47. The minimum atomic E-state index is -0.319. The molecule has 1 heterocycles. The van der Waals surface area contributed by atoms with Gasteiger partial charge in [-0.05, 0) is 48.5 Å². The fraction of sp³-hybridized carbons (Fsp3) is 0. The number of hydrogen-bond donors (Lipinski definition) is 0. The summed E-state index contributed by atoms with van der Waals surface area (Å²) in [4.78, 5) is 24.3. The van der Waals surface area contributed by atoms with Crippen LogP contribution in [0.15, 0.2) is 67.3 Å². The van der Waals surface area contributed by atoms with E-state index in [9.17, 15) is 14.0 Å².